The van der Waals surface area contributed by atoms with Crippen LogP contribution in [0, 0.1) is 0 Å². The number of nitrogens with zero attached hydrogens (tertiary/aromatic N) is 2. The van der Waals surface area contributed by atoms with Gasteiger partial charge in [0.15, 0.2) is 0 Å². The molecule has 12 rings (SSSR count). The number of hydrogen-bond acceptors (Lipinski definition) is 5. The molecule has 0 saturated heterocycles. The Kier molecular flexibility index (Phi) is 7.48. The van der Waals surface area contributed by atoms with Crippen molar-refractivity contribution in [2.24, 2.45) is 0 Å². The first kappa shape index (κ1) is 32.7. The first-order valence-corrected chi connectivity index (χ1v) is 21.6. The Bertz CT molecular complexity index is 3450. The minimum Gasteiger partial charge on any atom is -0.310 e. The quantitative estimate of drug-likeness (QED) is 0.166. The van der Waals surface area contributed by atoms with Gasteiger partial charge in [-0.15, -0.1) is 34.0 Å². The maximum atomic E-state index is 2.52. The van der Waals surface area contributed by atoms with Crippen LogP contribution in [-0.4, -0.2) is 0 Å². The molecule has 57 heavy (non-hydrogen) atoms. The fourth-order valence-corrected chi connectivity index (χ4v) is 12.1. The number of para-hydroxylation sites is 2. The van der Waals surface area contributed by atoms with Crippen LogP contribution in [0.3, 0.4) is 0 Å². The maximum Gasteiger partial charge on any atom is 0.0561 e. The Morgan fingerprint density at radius 2 is 0.772 bits per heavy atom. The molecule has 0 unspecified atom stereocenters. The van der Waals surface area contributed by atoms with Gasteiger partial charge in [0.1, 0.15) is 0 Å². The highest BCUT2D eigenvalue weighted by atomic mass is 32.1. The number of anilines is 6. The van der Waals surface area contributed by atoms with Crippen LogP contribution in [0.2, 0.25) is 0 Å². The van der Waals surface area contributed by atoms with Crippen molar-refractivity contribution in [3.05, 3.63) is 194 Å². The zero-order valence-corrected chi connectivity index (χ0v) is 33.0. The summed E-state index contributed by atoms with van der Waals surface area (Å²) in [5.74, 6) is 0. The van der Waals surface area contributed by atoms with Crippen LogP contribution in [0.15, 0.2) is 194 Å². The molecule has 0 N–H and O–H groups in total. The van der Waals surface area contributed by atoms with Crippen LogP contribution >= 0.6 is 34.0 Å². The summed E-state index contributed by atoms with van der Waals surface area (Å²) in [6, 6.07) is 71.4. The summed E-state index contributed by atoms with van der Waals surface area (Å²) in [5.41, 5.74) is 6.89. The molecule has 0 saturated carbocycles. The lowest BCUT2D eigenvalue weighted by Gasteiger charge is -2.27. The second-order valence-electron chi connectivity index (χ2n) is 14.5. The van der Waals surface area contributed by atoms with Gasteiger partial charge in [-0.3, -0.25) is 0 Å². The van der Waals surface area contributed by atoms with E-state index in [1.165, 1.54) is 77.0 Å². The summed E-state index contributed by atoms with van der Waals surface area (Å²) in [6.45, 7) is 0. The zero-order valence-electron chi connectivity index (χ0n) is 30.6. The maximum absolute atomic E-state index is 2.52. The van der Waals surface area contributed by atoms with E-state index in [0.29, 0.717) is 0 Å². The Labute approximate surface area is 341 Å². The molecule has 2 nitrogen and oxygen atoms in total. The highest BCUT2D eigenvalue weighted by molar-refractivity contribution is 7.27. The van der Waals surface area contributed by atoms with Gasteiger partial charge >= 0.3 is 0 Å². The predicted octanol–water partition coefficient (Wildman–Crippen LogP) is 16.9. The third-order valence-corrected chi connectivity index (χ3v) is 14.7. The van der Waals surface area contributed by atoms with Gasteiger partial charge in [-0.25, -0.2) is 0 Å². The number of rotatable bonds is 6. The Morgan fingerprint density at radius 3 is 1.49 bits per heavy atom. The molecular weight excluding hydrogens is 749 g/mol. The summed E-state index contributed by atoms with van der Waals surface area (Å²) in [7, 11) is 0. The second kappa shape index (κ2) is 13.0. The van der Waals surface area contributed by atoms with E-state index in [2.05, 4.69) is 204 Å². The summed E-state index contributed by atoms with van der Waals surface area (Å²) in [6.07, 6.45) is 0. The predicted molar refractivity (Wildman–Crippen MR) is 252 cm³/mol. The molecule has 0 atom stereocenters. The van der Waals surface area contributed by atoms with E-state index in [1.807, 2.05) is 34.0 Å². The first-order chi connectivity index (χ1) is 28.2. The molecule has 0 aliphatic rings. The lowest BCUT2D eigenvalue weighted by Crippen LogP contribution is -2.10. The van der Waals surface area contributed by atoms with Gasteiger partial charge in [-0.1, -0.05) is 109 Å². The molecule has 9 aromatic carbocycles. The van der Waals surface area contributed by atoms with Crippen LogP contribution in [0.4, 0.5) is 34.1 Å². The largest absolute Gasteiger partial charge is 0.310 e. The van der Waals surface area contributed by atoms with Crippen LogP contribution < -0.4 is 9.80 Å². The number of benzene rings is 9. The SMILES string of the molecule is c1ccc(N(c2ccccc2)c2ccc3c(c2)sc2c4ccccc4cc(N(c4ccc5c(c4)sc4ccccc45)c4ccc5sc6ccccc6c5c4)c32)cc1. The van der Waals surface area contributed by atoms with Crippen molar-refractivity contribution in [1.82, 2.24) is 0 Å². The van der Waals surface area contributed by atoms with E-state index in [0.717, 1.165) is 28.4 Å². The molecule has 0 radical (unpaired) electrons. The van der Waals surface area contributed by atoms with Crippen LogP contribution in [0.25, 0.3) is 71.3 Å². The minimum atomic E-state index is 1.13. The molecule has 0 aliphatic carbocycles. The molecule has 0 amide bonds. The summed E-state index contributed by atoms with van der Waals surface area (Å²) < 4.78 is 7.79. The first-order valence-electron chi connectivity index (χ1n) is 19.2. The lowest BCUT2D eigenvalue weighted by atomic mass is 10.0. The molecule has 0 spiro atoms. The Balaban J connectivity index is 1.14. The third kappa shape index (κ3) is 5.28. The van der Waals surface area contributed by atoms with E-state index in [1.54, 1.807) is 0 Å². The molecule has 268 valence electrons. The van der Waals surface area contributed by atoms with Gasteiger partial charge in [0.25, 0.3) is 0 Å². The average molecular weight is 781 g/mol. The summed E-state index contributed by atoms with van der Waals surface area (Å²) >= 11 is 5.64. The highest BCUT2D eigenvalue weighted by Crippen LogP contribution is 2.51. The summed E-state index contributed by atoms with van der Waals surface area (Å²) in [5, 5.41) is 10.3. The Morgan fingerprint density at radius 1 is 0.281 bits per heavy atom. The van der Waals surface area contributed by atoms with Crippen LogP contribution in [0.1, 0.15) is 0 Å². The van der Waals surface area contributed by atoms with Gasteiger partial charge in [-0.05, 0) is 95.7 Å². The topological polar surface area (TPSA) is 6.48 Å². The number of fused-ring (bicyclic) bond motifs is 11. The van der Waals surface area contributed by atoms with Crippen LogP contribution in [0.5, 0.6) is 0 Å². The summed E-state index contributed by atoms with van der Waals surface area (Å²) in [4.78, 5) is 4.88. The van der Waals surface area contributed by atoms with Crippen molar-refractivity contribution in [2.75, 3.05) is 9.80 Å². The van der Waals surface area contributed by atoms with E-state index >= 15 is 0 Å². The van der Waals surface area contributed by atoms with Crippen molar-refractivity contribution in [2.45, 2.75) is 0 Å². The standard InChI is InChI=1S/C52H32N2S3/c1-3-14-34(15-4-1)53(35-16-5-2-6-17-35)37-24-27-43-50(31-37)57-52-39-18-8-7-13-33(39)29-45(51(43)52)54(36-25-28-48-44(30-36)41-20-10-12-22-47(41)55-48)38-23-26-42-40-19-9-11-21-46(40)56-49(42)32-38/h1-32H. The number of thiophene rings is 3. The van der Waals surface area contributed by atoms with Crippen LogP contribution in [-0.2, 0) is 0 Å². The molecular formula is C52H32N2S3. The molecule has 3 aromatic heterocycles. The molecule has 0 bridgehead atoms. The zero-order chi connectivity index (χ0) is 37.5. The fourth-order valence-electron chi connectivity index (χ4n) is 8.63. The van der Waals surface area contributed by atoms with Gasteiger partial charge < -0.3 is 9.80 Å². The van der Waals surface area contributed by atoms with Crippen molar-refractivity contribution in [3.8, 4) is 0 Å². The smallest absolute Gasteiger partial charge is 0.0561 e. The lowest BCUT2D eigenvalue weighted by molar-refractivity contribution is 1.29. The van der Waals surface area contributed by atoms with Crippen molar-refractivity contribution in [3.63, 3.8) is 0 Å². The monoisotopic (exact) mass is 780 g/mol. The van der Waals surface area contributed by atoms with E-state index in [4.69, 9.17) is 0 Å². The molecule has 5 heteroatoms. The Hall–Kier alpha value is -6.50. The van der Waals surface area contributed by atoms with E-state index < -0.39 is 0 Å². The molecule has 0 aliphatic heterocycles. The van der Waals surface area contributed by atoms with E-state index in [-0.39, 0.29) is 0 Å². The van der Waals surface area contributed by atoms with E-state index in [9.17, 15) is 0 Å². The average Bonchev–Trinajstić information content (AvgIpc) is 3.96. The van der Waals surface area contributed by atoms with Crippen molar-refractivity contribution in [1.29, 1.82) is 0 Å². The van der Waals surface area contributed by atoms with Crippen molar-refractivity contribution >= 4 is 139 Å². The normalized spacial score (nSPS) is 11.9. The van der Waals surface area contributed by atoms with Gasteiger partial charge in [0, 0.05) is 89.0 Å². The molecule has 3 heterocycles. The highest BCUT2D eigenvalue weighted by Gasteiger charge is 2.23. The second-order valence-corrected chi connectivity index (χ2v) is 17.7. The van der Waals surface area contributed by atoms with Gasteiger partial charge in [0.05, 0.1) is 5.69 Å². The minimum absolute atomic E-state index is 1.13. The number of hydrogen-bond donors (Lipinski definition) is 0. The van der Waals surface area contributed by atoms with Crippen molar-refractivity contribution < 1.29 is 0 Å². The third-order valence-electron chi connectivity index (χ3n) is 11.2. The van der Waals surface area contributed by atoms with Gasteiger partial charge in [0.2, 0.25) is 0 Å². The molecule has 0 fully saturated rings. The fraction of sp³-hybridized carbons (Fsp3) is 0. The van der Waals surface area contributed by atoms with Gasteiger partial charge in [-0.2, -0.15) is 0 Å². The molecule has 12 aromatic rings.